The predicted molar refractivity (Wildman–Crippen MR) is 79.3 cm³/mol. The molecule has 3 N–H and O–H groups in total. The highest BCUT2D eigenvalue weighted by Gasteiger charge is 2.31. The van der Waals surface area contributed by atoms with Crippen molar-refractivity contribution in [1.82, 2.24) is 4.90 Å². The number of hydrogen-bond acceptors (Lipinski definition) is 3. The molecule has 102 valence electrons. The highest BCUT2D eigenvalue weighted by Crippen LogP contribution is 2.30. The van der Waals surface area contributed by atoms with E-state index in [1.807, 2.05) is 12.1 Å². The molecule has 0 atom stereocenters. The number of piperazine rings is 1. The molecule has 0 bridgehead atoms. The zero-order valence-electron chi connectivity index (χ0n) is 10.9. The van der Waals surface area contributed by atoms with Crippen LogP contribution in [0.2, 0.25) is 5.02 Å². The van der Waals surface area contributed by atoms with Crippen LogP contribution in [0.4, 0.5) is 5.69 Å². The number of nitrogens with zero attached hydrogens (tertiary/aromatic N) is 2. The first-order valence-electron chi connectivity index (χ1n) is 6.78. The Labute approximate surface area is 118 Å². The summed E-state index contributed by atoms with van der Waals surface area (Å²) in [5, 5.41) is 8.32. The summed E-state index contributed by atoms with van der Waals surface area (Å²) in [5.74, 6) is 0.0853. The van der Waals surface area contributed by atoms with Crippen molar-refractivity contribution in [3.05, 3.63) is 28.8 Å². The SMILES string of the molecule is N=C(N)c1cc(Cl)ccc1N1CCN(C2CC2)CC1. The summed E-state index contributed by atoms with van der Waals surface area (Å²) in [6.45, 7) is 4.20. The highest BCUT2D eigenvalue weighted by atomic mass is 35.5. The van der Waals surface area contributed by atoms with Gasteiger partial charge in [0.1, 0.15) is 5.84 Å². The molecule has 2 fully saturated rings. The van der Waals surface area contributed by atoms with Crippen molar-refractivity contribution in [1.29, 1.82) is 5.41 Å². The Balaban J connectivity index is 1.77. The fourth-order valence-electron chi connectivity index (χ4n) is 2.77. The van der Waals surface area contributed by atoms with E-state index in [0.717, 1.165) is 43.5 Å². The van der Waals surface area contributed by atoms with E-state index in [0.29, 0.717) is 5.02 Å². The van der Waals surface area contributed by atoms with Gasteiger partial charge in [-0.2, -0.15) is 0 Å². The Morgan fingerprint density at radius 2 is 1.89 bits per heavy atom. The number of rotatable bonds is 3. The summed E-state index contributed by atoms with van der Waals surface area (Å²) in [5.41, 5.74) is 7.44. The average molecular weight is 279 g/mol. The van der Waals surface area contributed by atoms with Gasteiger partial charge in [0.15, 0.2) is 0 Å². The lowest BCUT2D eigenvalue weighted by Crippen LogP contribution is -2.47. The third kappa shape index (κ3) is 2.69. The molecule has 0 spiro atoms. The van der Waals surface area contributed by atoms with E-state index in [1.165, 1.54) is 12.8 Å². The number of nitrogen functional groups attached to an aromatic ring is 1. The summed E-state index contributed by atoms with van der Waals surface area (Å²) in [6.07, 6.45) is 2.72. The number of benzene rings is 1. The summed E-state index contributed by atoms with van der Waals surface area (Å²) >= 11 is 5.99. The Morgan fingerprint density at radius 3 is 2.47 bits per heavy atom. The molecular weight excluding hydrogens is 260 g/mol. The number of amidine groups is 1. The first-order chi connectivity index (χ1) is 9.15. The van der Waals surface area contributed by atoms with Crippen molar-refractivity contribution in [3.63, 3.8) is 0 Å². The van der Waals surface area contributed by atoms with Gasteiger partial charge in [0.05, 0.1) is 0 Å². The number of hydrogen-bond donors (Lipinski definition) is 2. The van der Waals surface area contributed by atoms with Crippen molar-refractivity contribution in [3.8, 4) is 0 Å². The second kappa shape index (κ2) is 5.02. The molecule has 1 aromatic rings. The Morgan fingerprint density at radius 1 is 1.21 bits per heavy atom. The summed E-state index contributed by atoms with van der Waals surface area (Å²) in [4.78, 5) is 4.88. The van der Waals surface area contributed by atoms with Gasteiger partial charge in [0.25, 0.3) is 0 Å². The van der Waals surface area contributed by atoms with Crippen LogP contribution in [0.3, 0.4) is 0 Å². The minimum absolute atomic E-state index is 0.0853. The van der Waals surface area contributed by atoms with Crippen LogP contribution < -0.4 is 10.6 Å². The normalized spacial score (nSPS) is 20.6. The molecule has 1 aliphatic carbocycles. The smallest absolute Gasteiger partial charge is 0.124 e. The lowest BCUT2D eigenvalue weighted by molar-refractivity contribution is 0.248. The van der Waals surface area contributed by atoms with Crippen LogP contribution in [0.25, 0.3) is 0 Å². The standard InChI is InChI=1S/C14H19ClN4/c15-10-1-4-13(12(9-10)14(16)17)19-7-5-18(6-8-19)11-2-3-11/h1,4,9,11H,2-3,5-8H2,(H3,16,17). The molecule has 0 amide bonds. The molecule has 1 aliphatic heterocycles. The van der Waals surface area contributed by atoms with Crippen LogP contribution in [-0.2, 0) is 0 Å². The lowest BCUT2D eigenvalue weighted by Gasteiger charge is -2.37. The predicted octanol–water partition coefficient (Wildman–Crippen LogP) is 1.91. The van der Waals surface area contributed by atoms with Crippen LogP contribution in [-0.4, -0.2) is 43.0 Å². The molecule has 5 heteroatoms. The largest absolute Gasteiger partial charge is 0.384 e. The van der Waals surface area contributed by atoms with E-state index < -0.39 is 0 Å². The van der Waals surface area contributed by atoms with E-state index in [-0.39, 0.29) is 5.84 Å². The van der Waals surface area contributed by atoms with Crippen molar-refractivity contribution in [2.75, 3.05) is 31.1 Å². The molecule has 1 saturated carbocycles. The maximum Gasteiger partial charge on any atom is 0.124 e. The zero-order chi connectivity index (χ0) is 13.4. The lowest BCUT2D eigenvalue weighted by atomic mass is 10.1. The fraction of sp³-hybridized carbons (Fsp3) is 0.500. The van der Waals surface area contributed by atoms with Gasteiger partial charge in [-0.15, -0.1) is 0 Å². The first kappa shape index (κ1) is 12.8. The van der Waals surface area contributed by atoms with Gasteiger partial charge < -0.3 is 10.6 Å². The summed E-state index contributed by atoms with van der Waals surface area (Å²) in [7, 11) is 0. The Bertz CT molecular complexity index is 490. The molecule has 0 radical (unpaired) electrons. The quantitative estimate of drug-likeness (QED) is 0.656. The summed E-state index contributed by atoms with van der Waals surface area (Å²) < 4.78 is 0. The average Bonchev–Trinajstić information content (AvgIpc) is 3.23. The molecule has 4 nitrogen and oxygen atoms in total. The molecule has 19 heavy (non-hydrogen) atoms. The van der Waals surface area contributed by atoms with E-state index in [2.05, 4.69) is 9.80 Å². The maximum absolute atomic E-state index is 7.69. The van der Waals surface area contributed by atoms with Crippen molar-refractivity contribution in [2.24, 2.45) is 5.73 Å². The minimum Gasteiger partial charge on any atom is -0.384 e. The molecule has 1 heterocycles. The van der Waals surface area contributed by atoms with E-state index in [4.69, 9.17) is 22.7 Å². The van der Waals surface area contributed by atoms with Gasteiger partial charge in [-0.3, -0.25) is 10.3 Å². The Kier molecular flexibility index (Phi) is 3.37. The molecule has 0 aromatic heterocycles. The number of anilines is 1. The van der Waals surface area contributed by atoms with Crippen LogP contribution in [0.1, 0.15) is 18.4 Å². The Hall–Kier alpha value is -1.26. The van der Waals surface area contributed by atoms with Gasteiger partial charge in [0, 0.05) is 48.5 Å². The van der Waals surface area contributed by atoms with E-state index in [9.17, 15) is 0 Å². The van der Waals surface area contributed by atoms with Crippen LogP contribution >= 0.6 is 11.6 Å². The third-order valence-electron chi connectivity index (χ3n) is 3.97. The van der Waals surface area contributed by atoms with Gasteiger partial charge in [0.2, 0.25) is 0 Å². The molecule has 0 unspecified atom stereocenters. The van der Waals surface area contributed by atoms with Crippen LogP contribution in [0.5, 0.6) is 0 Å². The fourth-order valence-corrected chi connectivity index (χ4v) is 2.94. The topological polar surface area (TPSA) is 56.4 Å². The van der Waals surface area contributed by atoms with Gasteiger partial charge in [-0.1, -0.05) is 11.6 Å². The zero-order valence-corrected chi connectivity index (χ0v) is 11.7. The molecule has 2 aliphatic rings. The molecule has 1 saturated heterocycles. The van der Waals surface area contributed by atoms with Crippen molar-refractivity contribution < 1.29 is 0 Å². The van der Waals surface area contributed by atoms with Crippen molar-refractivity contribution in [2.45, 2.75) is 18.9 Å². The molecular formula is C14H19ClN4. The van der Waals surface area contributed by atoms with Gasteiger partial charge in [-0.05, 0) is 31.0 Å². The van der Waals surface area contributed by atoms with Crippen LogP contribution in [0.15, 0.2) is 18.2 Å². The van der Waals surface area contributed by atoms with Crippen molar-refractivity contribution >= 4 is 23.1 Å². The molecule has 1 aromatic carbocycles. The number of nitrogens with two attached hydrogens (primary N) is 1. The monoisotopic (exact) mass is 278 g/mol. The van der Waals surface area contributed by atoms with Gasteiger partial charge in [-0.25, -0.2) is 0 Å². The van der Waals surface area contributed by atoms with Crippen LogP contribution in [0, 0.1) is 5.41 Å². The van der Waals surface area contributed by atoms with E-state index in [1.54, 1.807) is 6.07 Å². The maximum atomic E-state index is 7.69. The number of halogens is 1. The number of nitrogens with one attached hydrogen (secondary N) is 1. The van der Waals surface area contributed by atoms with Gasteiger partial charge >= 0.3 is 0 Å². The second-order valence-corrected chi connectivity index (χ2v) is 5.77. The third-order valence-corrected chi connectivity index (χ3v) is 4.20. The van der Waals surface area contributed by atoms with E-state index >= 15 is 0 Å². The second-order valence-electron chi connectivity index (χ2n) is 5.33. The first-order valence-corrected chi connectivity index (χ1v) is 7.16. The highest BCUT2D eigenvalue weighted by molar-refractivity contribution is 6.31. The summed E-state index contributed by atoms with van der Waals surface area (Å²) in [6, 6.07) is 6.47. The minimum atomic E-state index is 0.0853. The molecule has 3 rings (SSSR count).